The standard InChI is InChI=1S/C21H25N5O5/c1-16-6-12-24(13-7-16)19-5-4-17(26(29)30)14-18(19)21(28)31-15-20(27)25(10-2-8-22)11-3-9-23/h4-5,14,16H,2-3,6-7,10-13,15H2,1H3. The van der Waals surface area contributed by atoms with Crippen molar-refractivity contribution in [1.29, 1.82) is 10.5 Å². The summed E-state index contributed by atoms with van der Waals surface area (Å²) in [5, 5.41) is 28.7. The van der Waals surface area contributed by atoms with Crippen molar-refractivity contribution in [2.75, 3.05) is 37.7 Å². The van der Waals surface area contributed by atoms with Crippen LogP contribution in [0.5, 0.6) is 0 Å². The average Bonchev–Trinajstić information content (AvgIpc) is 2.77. The van der Waals surface area contributed by atoms with Gasteiger partial charge in [0, 0.05) is 38.3 Å². The SMILES string of the molecule is CC1CCN(c2ccc([N+](=O)[O-])cc2C(=O)OCC(=O)N(CCC#N)CCC#N)CC1. The molecule has 0 atom stereocenters. The van der Waals surface area contributed by atoms with Crippen LogP contribution in [-0.2, 0) is 9.53 Å². The van der Waals surface area contributed by atoms with E-state index >= 15 is 0 Å². The van der Waals surface area contributed by atoms with Crippen molar-refractivity contribution in [2.45, 2.75) is 32.6 Å². The molecular formula is C21H25N5O5. The van der Waals surface area contributed by atoms with Crippen LogP contribution in [0.1, 0.15) is 43.0 Å². The van der Waals surface area contributed by atoms with Crippen molar-refractivity contribution < 1.29 is 19.2 Å². The van der Waals surface area contributed by atoms with Gasteiger partial charge in [0.25, 0.3) is 11.6 Å². The number of carbonyl (C=O) groups is 2. The molecule has 1 aromatic carbocycles. The number of carbonyl (C=O) groups excluding carboxylic acids is 2. The molecule has 1 fully saturated rings. The summed E-state index contributed by atoms with van der Waals surface area (Å²) < 4.78 is 5.17. The number of hydrogen-bond donors (Lipinski definition) is 0. The average molecular weight is 427 g/mol. The number of hydrogen-bond acceptors (Lipinski definition) is 8. The summed E-state index contributed by atoms with van der Waals surface area (Å²) in [6.07, 6.45) is 2.06. The van der Waals surface area contributed by atoms with Crippen LogP contribution < -0.4 is 4.90 Å². The topological polar surface area (TPSA) is 141 Å². The minimum absolute atomic E-state index is 0.0390. The molecule has 1 aliphatic rings. The van der Waals surface area contributed by atoms with Gasteiger partial charge in [-0.05, 0) is 24.8 Å². The number of amides is 1. The van der Waals surface area contributed by atoms with E-state index in [1.807, 2.05) is 17.0 Å². The molecule has 0 aromatic heterocycles. The molecule has 0 radical (unpaired) electrons. The molecule has 0 aliphatic carbocycles. The molecule has 10 heteroatoms. The van der Waals surface area contributed by atoms with Crippen molar-refractivity contribution in [2.24, 2.45) is 5.92 Å². The van der Waals surface area contributed by atoms with E-state index in [2.05, 4.69) is 6.92 Å². The molecule has 1 aliphatic heterocycles. The number of ether oxygens (including phenoxy) is 1. The van der Waals surface area contributed by atoms with E-state index in [1.54, 1.807) is 6.07 Å². The second kappa shape index (κ2) is 11.5. The molecule has 1 amide bonds. The lowest BCUT2D eigenvalue weighted by Gasteiger charge is -2.33. The van der Waals surface area contributed by atoms with Gasteiger partial charge in [0.1, 0.15) is 0 Å². The summed E-state index contributed by atoms with van der Waals surface area (Å²) in [6, 6.07) is 7.92. The van der Waals surface area contributed by atoms with Gasteiger partial charge in [0.05, 0.1) is 41.2 Å². The van der Waals surface area contributed by atoms with Crippen LogP contribution in [0.15, 0.2) is 18.2 Å². The van der Waals surface area contributed by atoms with Crippen molar-refractivity contribution in [3.63, 3.8) is 0 Å². The minimum atomic E-state index is -0.828. The molecule has 31 heavy (non-hydrogen) atoms. The fourth-order valence-corrected chi connectivity index (χ4v) is 3.35. The van der Waals surface area contributed by atoms with Crippen LogP contribution >= 0.6 is 0 Å². The van der Waals surface area contributed by atoms with Gasteiger partial charge in [-0.25, -0.2) is 4.79 Å². The lowest BCUT2D eigenvalue weighted by atomic mass is 9.98. The highest BCUT2D eigenvalue weighted by atomic mass is 16.6. The van der Waals surface area contributed by atoms with Crippen molar-refractivity contribution in [3.8, 4) is 12.1 Å². The smallest absolute Gasteiger partial charge is 0.341 e. The predicted octanol–water partition coefficient (Wildman–Crippen LogP) is 2.64. The lowest BCUT2D eigenvalue weighted by molar-refractivity contribution is -0.384. The Morgan fingerprint density at radius 2 is 1.84 bits per heavy atom. The van der Waals surface area contributed by atoms with Gasteiger partial charge in [-0.1, -0.05) is 6.92 Å². The van der Waals surface area contributed by atoms with Gasteiger partial charge >= 0.3 is 5.97 Å². The Kier molecular flexibility index (Phi) is 8.77. The Morgan fingerprint density at radius 3 is 2.39 bits per heavy atom. The van der Waals surface area contributed by atoms with Crippen LogP contribution in [0.25, 0.3) is 0 Å². The Balaban J connectivity index is 2.15. The first-order valence-corrected chi connectivity index (χ1v) is 10.1. The third-order valence-electron chi connectivity index (χ3n) is 5.20. The molecular weight excluding hydrogens is 402 g/mol. The van der Waals surface area contributed by atoms with E-state index in [4.69, 9.17) is 15.3 Å². The zero-order chi connectivity index (χ0) is 22.8. The number of nitrogens with zero attached hydrogens (tertiary/aromatic N) is 5. The fourth-order valence-electron chi connectivity index (χ4n) is 3.35. The highest BCUT2D eigenvalue weighted by Gasteiger charge is 2.25. The number of piperidine rings is 1. The Morgan fingerprint density at radius 1 is 1.23 bits per heavy atom. The number of nitro groups is 1. The summed E-state index contributed by atoms with van der Waals surface area (Å²) in [6.45, 7) is 3.26. The second-order valence-corrected chi connectivity index (χ2v) is 7.40. The minimum Gasteiger partial charge on any atom is -0.452 e. The molecule has 164 valence electrons. The van der Waals surface area contributed by atoms with Gasteiger partial charge in [-0.2, -0.15) is 10.5 Å². The summed E-state index contributed by atoms with van der Waals surface area (Å²) in [5.74, 6) is -0.793. The fraction of sp³-hybridized carbons (Fsp3) is 0.524. The highest BCUT2D eigenvalue weighted by molar-refractivity contribution is 5.97. The lowest BCUT2D eigenvalue weighted by Crippen LogP contribution is -2.36. The number of rotatable bonds is 9. The van der Waals surface area contributed by atoms with E-state index in [9.17, 15) is 19.7 Å². The van der Waals surface area contributed by atoms with E-state index in [0.29, 0.717) is 24.7 Å². The second-order valence-electron chi connectivity index (χ2n) is 7.40. The van der Waals surface area contributed by atoms with Gasteiger partial charge in [-0.15, -0.1) is 0 Å². The summed E-state index contributed by atoms with van der Waals surface area (Å²) in [5.41, 5.74) is 0.343. The van der Waals surface area contributed by atoms with Gasteiger partial charge < -0.3 is 14.5 Å². The molecule has 1 saturated heterocycles. The van der Waals surface area contributed by atoms with E-state index in [0.717, 1.165) is 12.8 Å². The first kappa shape index (κ1) is 23.6. The number of benzene rings is 1. The van der Waals surface area contributed by atoms with Crippen LogP contribution in [0.4, 0.5) is 11.4 Å². The zero-order valence-corrected chi connectivity index (χ0v) is 17.5. The van der Waals surface area contributed by atoms with Crippen LogP contribution in [0.2, 0.25) is 0 Å². The molecule has 0 saturated carbocycles. The zero-order valence-electron chi connectivity index (χ0n) is 17.5. The first-order valence-electron chi connectivity index (χ1n) is 10.1. The number of anilines is 1. The van der Waals surface area contributed by atoms with E-state index in [-0.39, 0.29) is 37.2 Å². The molecule has 0 spiro atoms. The van der Waals surface area contributed by atoms with Gasteiger partial charge in [0.2, 0.25) is 0 Å². The molecule has 0 bridgehead atoms. The maximum atomic E-state index is 12.8. The molecule has 1 aromatic rings. The third-order valence-corrected chi connectivity index (χ3v) is 5.20. The van der Waals surface area contributed by atoms with Gasteiger partial charge in [0.15, 0.2) is 6.61 Å². The maximum absolute atomic E-state index is 12.8. The Labute approximate surface area is 180 Å². The number of nitro benzene ring substituents is 1. The molecule has 1 heterocycles. The summed E-state index contributed by atoms with van der Waals surface area (Å²) in [4.78, 5) is 39.0. The first-order chi connectivity index (χ1) is 14.9. The highest BCUT2D eigenvalue weighted by Crippen LogP contribution is 2.29. The molecule has 0 N–H and O–H groups in total. The van der Waals surface area contributed by atoms with Crippen LogP contribution in [-0.4, -0.2) is 54.5 Å². The quantitative estimate of drug-likeness (QED) is 0.333. The molecule has 0 unspecified atom stereocenters. The molecule has 10 nitrogen and oxygen atoms in total. The van der Waals surface area contributed by atoms with Crippen LogP contribution in [0.3, 0.4) is 0 Å². The third kappa shape index (κ3) is 6.68. The summed E-state index contributed by atoms with van der Waals surface area (Å²) >= 11 is 0. The normalized spacial score (nSPS) is 13.7. The number of nitriles is 2. The van der Waals surface area contributed by atoms with E-state index < -0.39 is 23.4 Å². The van der Waals surface area contributed by atoms with E-state index in [1.165, 1.54) is 17.0 Å². The Bertz CT molecular complexity index is 878. The monoisotopic (exact) mass is 427 g/mol. The van der Waals surface area contributed by atoms with Crippen LogP contribution in [0, 0.1) is 38.7 Å². The van der Waals surface area contributed by atoms with Crippen molar-refractivity contribution in [1.82, 2.24) is 4.90 Å². The summed E-state index contributed by atoms with van der Waals surface area (Å²) in [7, 11) is 0. The number of esters is 1. The molecule has 2 rings (SSSR count). The number of non-ortho nitro benzene ring substituents is 1. The Hall–Kier alpha value is -3.66. The predicted molar refractivity (Wildman–Crippen MR) is 111 cm³/mol. The maximum Gasteiger partial charge on any atom is 0.341 e. The largest absolute Gasteiger partial charge is 0.452 e. The van der Waals surface area contributed by atoms with Crippen molar-refractivity contribution >= 4 is 23.3 Å². The van der Waals surface area contributed by atoms with Crippen molar-refractivity contribution in [3.05, 3.63) is 33.9 Å². The van der Waals surface area contributed by atoms with Gasteiger partial charge in [-0.3, -0.25) is 14.9 Å².